The van der Waals surface area contributed by atoms with Crippen LogP contribution in [0.1, 0.15) is 23.4 Å². The van der Waals surface area contributed by atoms with Gasteiger partial charge in [0.2, 0.25) is 5.91 Å². The van der Waals surface area contributed by atoms with Gasteiger partial charge in [0.05, 0.1) is 31.1 Å². The van der Waals surface area contributed by atoms with Crippen LogP contribution in [0.3, 0.4) is 0 Å². The Kier molecular flexibility index (Phi) is 4.53. The molecule has 1 aliphatic rings. The van der Waals surface area contributed by atoms with Gasteiger partial charge in [-0.1, -0.05) is 6.07 Å². The monoisotopic (exact) mass is 330 g/mol. The van der Waals surface area contributed by atoms with Gasteiger partial charge in [-0.05, 0) is 31.0 Å². The van der Waals surface area contributed by atoms with Crippen LogP contribution in [0.2, 0.25) is 0 Å². The molecule has 2 heterocycles. The Hall–Kier alpha value is -2.41. The van der Waals surface area contributed by atoms with Crippen molar-refractivity contribution in [3.63, 3.8) is 0 Å². The van der Waals surface area contributed by atoms with E-state index in [0.717, 1.165) is 22.4 Å². The number of imidazole rings is 1. The smallest absolute Gasteiger partial charge is 0.307 e. The third-order valence-corrected chi connectivity index (χ3v) is 4.61. The highest BCUT2D eigenvalue weighted by atomic mass is 16.5. The minimum absolute atomic E-state index is 0.0424. The number of hydrogen-bond donors (Lipinski definition) is 2. The molecule has 1 unspecified atom stereocenters. The first-order valence-electron chi connectivity index (χ1n) is 8.03. The molecule has 2 aromatic rings. The summed E-state index contributed by atoms with van der Waals surface area (Å²) in [4.78, 5) is 33.7. The Labute approximate surface area is 140 Å². The molecule has 1 saturated heterocycles. The van der Waals surface area contributed by atoms with Crippen LogP contribution in [0.15, 0.2) is 12.1 Å². The Morgan fingerprint density at radius 3 is 2.96 bits per heavy atom. The first-order valence-corrected chi connectivity index (χ1v) is 8.03. The number of H-pyrrole nitrogens is 1. The van der Waals surface area contributed by atoms with Crippen molar-refractivity contribution in [1.29, 1.82) is 0 Å². The van der Waals surface area contributed by atoms with Gasteiger partial charge < -0.3 is 15.0 Å². The van der Waals surface area contributed by atoms with Gasteiger partial charge in [-0.15, -0.1) is 0 Å². The lowest BCUT2D eigenvalue weighted by atomic mass is 10.1. The second-order valence-corrected chi connectivity index (χ2v) is 6.14. The lowest BCUT2D eigenvalue weighted by molar-refractivity contribution is -0.146. The third kappa shape index (κ3) is 3.12. The van der Waals surface area contributed by atoms with Crippen molar-refractivity contribution >= 4 is 22.9 Å². The van der Waals surface area contributed by atoms with Crippen molar-refractivity contribution in [2.45, 2.75) is 32.9 Å². The van der Waals surface area contributed by atoms with Crippen LogP contribution in [0.25, 0.3) is 11.0 Å². The number of piperazine rings is 1. The fourth-order valence-electron chi connectivity index (χ4n) is 3.05. The number of carbonyl (C=O) groups excluding carboxylic acids is 2. The maximum atomic E-state index is 12.1. The zero-order valence-corrected chi connectivity index (χ0v) is 14.2. The number of aryl methyl sites for hydroxylation is 2. The molecule has 24 heavy (non-hydrogen) atoms. The molecule has 7 heteroatoms. The minimum atomic E-state index is -0.526. The van der Waals surface area contributed by atoms with Crippen LogP contribution in [-0.4, -0.2) is 53.0 Å². The van der Waals surface area contributed by atoms with E-state index in [1.54, 1.807) is 0 Å². The average molecular weight is 330 g/mol. The lowest BCUT2D eigenvalue weighted by Crippen LogP contribution is -2.55. The molecule has 0 spiro atoms. The van der Waals surface area contributed by atoms with Crippen molar-refractivity contribution < 1.29 is 14.3 Å². The van der Waals surface area contributed by atoms with Gasteiger partial charge in [-0.2, -0.15) is 0 Å². The number of benzene rings is 1. The summed E-state index contributed by atoms with van der Waals surface area (Å²) in [5, 5.41) is 2.80. The summed E-state index contributed by atoms with van der Waals surface area (Å²) in [5.74, 6) is 0.260. The topological polar surface area (TPSA) is 87.3 Å². The van der Waals surface area contributed by atoms with Crippen molar-refractivity contribution in [3.8, 4) is 0 Å². The summed E-state index contributed by atoms with van der Waals surface area (Å²) in [5.41, 5.74) is 4.29. The summed E-state index contributed by atoms with van der Waals surface area (Å²) >= 11 is 0. The number of rotatable bonds is 4. The number of nitrogens with zero attached hydrogens (tertiary/aromatic N) is 2. The quantitative estimate of drug-likeness (QED) is 0.818. The summed E-state index contributed by atoms with van der Waals surface area (Å²) in [6, 6.07) is 3.55. The van der Waals surface area contributed by atoms with Gasteiger partial charge >= 0.3 is 5.97 Å². The fourth-order valence-corrected chi connectivity index (χ4v) is 3.05. The van der Waals surface area contributed by atoms with Gasteiger partial charge in [-0.3, -0.25) is 14.5 Å². The van der Waals surface area contributed by atoms with Crippen molar-refractivity contribution in [3.05, 3.63) is 29.1 Å². The van der Waals surface area contributed by atoms with Crippen molar-refractivity contribution in [1.82, 2.24) is 20.2 Å². The van der Waals surface area contributed by atoms with E-state index in [4.69, 9.17) is 4.74 Å². The number of esters is 1. The fraction of sp³-hybridized carbons (Fsp3) is 0.471. The zero-order chi connectivity index (χ0) is 17.3. The first-order chi connectivity index (χ1) is 11.5. The molecule has 1 aliphatic heterocycles. The van der Waals surface area contributed by atoms with E-state index in [1.807, 2.05) is 11.0 Å². The summed E-state index contributed by atoms with van der Waals surface area (Å²) in [7, 11) is 1.33. The highest BCUT2D eigenvalue weighted by Crippen LogP contribution is 2.21. The van der Waals surface area contributed by atoms with Crippen LogP contribution in [0.4, 0.5) is 0 Å². The molecule has 0 saturated carbocycles. The van der Waals surface area contributed by atoms with E-state index >= 15 is 0 Å². The number of ether oxygens (including phenoxy) is 1. The van der Waals surface area contributed by atoms with Gasteiger partial charge in [0.15, 0.2) is 0 Å². The third-order valence-electron chi connectivity index (χ3n) is 4.61. The number of carbonyl (C=O) groups is 2. The normalized spacial score (nSPS) is 18.6. The molecule has 1 atom stereocenters. The maximum Gasteiger partial charge on any atom is 0.307 e. The molecule has 2 N–H and O–H groups in total. The highest BCUT2D eigenvalue weighted by molar-refractivity contribution is 5.87. The van der Waals surface area contributed by atoms with E-state index in [1.165, 1.54) is 12.7 Å². The van der Waals surface area contributed by atoms with Gasteiger partial charge in [0.1, 0.15) is 11.9 Å². The molecule has 1 aromatic heterocycles. The lowest BCUT2D eigenvalue weighted by Gasteiger charge is -2.33. The second-order valence-electron chi connectivity index (χ2n) is 6.14. The Morgan fingerprint density at radius 1 is 1.42 bits per heavy atom. The average Bonchev–Trinajstić information content (AvgIpc) is 2.97. The number of aromatic nitrogens is 2. The van der Waals surface area contributed by atoms with E-state index < -0.39 is 12.0 Å². The van der Waals surface area contributed by atoms with Crippen LogP contribution in [0, 0.1) is 13.8 Å². The molecular formula is C17H22N4O3. The van der Waals surface area contributed by atoms with Gasteiger partial charge in [-0.25, -0.2) is 4.98 Å². The number of amides is 1. The van der Waals surface area contributed by atoms with E-state index in [0.29, 0.717) is 19.6 Å². The number of hydrogen-bond acceptors (Lipinski definition) is 5. The first kappa shape index (κ1) is 16.4. The number of aromatic amines is 1. The molecule has 128 valence electrons. The number of methoxy groups -OCH3 is 1. The van der Waals surface area contributed by atoms with Crippen molar-refractivity contribution in [2.75, 3.05) is 20.2 Å². The molecule has 1 fully saturated rings. The molecule has 3 rings (SSSR count). The number of fused-ring (bicyclic) bond motifs is 1. The molecule has 7 nitrogen and oxygen atoms in total. The Balaban J connectivity index is 1.83. The Morgan fingerprint density at radius 2 is 2.21 bits per heavy atom. The van der Waals surface area contributed by atoms with Gasteiger partial charge in [0, 0.05) is 13.1 Å². The van der Waals surface area contributed by atoms with E-state index in [-0.39, 0.29) is 12.3 Å². The molecular weight excluding hydrogens is 308 g/mol. The zero-order valence-electron chi connectivity index (χ0n) is 14.2. The van der Waals surface area contributed by atoms with Crippen LogP contribution in [0.5, 0.6) is 0 Å². The maximum absolute atomic E-state index is 12.1. The van der Waals surface area contributed by atoms with Crippen LogP contribution in [-0.2, 0) is 20.9 Å². The summed E-state index contributed by atoms with van der Waals surface area (Å²) < 4.78 is 4.71. The molecule has 1 amide bonds. The predicted molar refractivity (Wildman–Crippen MR) is 89.4 cm³/mol. The summed E-state index contributed by atoms with van der Waals surface area (Å²) in [6.07, 6.45) is 0.0424. The SMILES string of the molecule is COC(=O)CC1C(=O)NCCN1Cc1nc2c(C)c(C)ccc2[nH]1. The minimum Gasteiger partial charge on any atom is -0.469 e. The van der Waals surface area contributed by atoms with Crippen LogP contribution >= 0.6 is 0 Å². The van der Waals surface area contributed by atoms with Crippen LogP contribution < -0.4 is 5.32 Å². The van der Waals surface area contributed by atoms with E-state index in [9.17, 15) is 9.59 Å². The van der Waals surface area contributed by atoms with Gasteiger partial charge in [0.25, 0.3) is 0 Å². The Bertz CT molecular complexity index is 783. The molecule has 1 aromatic carbocycles. The predicted octanol–water partition coefficient (Wildman–Crippen LogP) is 1.04. The molecule has 0 bridgehead atoms. The standard InChI is InChI=1S/C17H22N4O3/c1-10-4-5-12-16(11(10)2)20-14(19-12)9-21-7-6-18-17(23)13(21)8-15(22)24-3/h4-5,13H,6-9H2,1-3H3,(H,18,23)(H,19,20). The summed E-state index contributed by atoms with van der Waals surface area (Å²) in [6.45, 7) is 5.83. The molecule has 0 aliphatic carbocycles. The largest absolute Gasteiger partial charge is 0.469 e. The van der Waals surface area contributed by atoms with E-state index in [2.05, 4.69) is 35.2 Å². The number of nitrogens with one attached hydrogen (secondary N) is 2. The second kappa shape index (κ2) is 6.60. The molecule has 0 radical (unpaired) electrons. The van der Waals surface area contributed by atoms with Crippen molar-refractivity contribution in [2.24, 2.45) is 0 Å². The highest BCUT2D eigenvalue weighted by Gasteiger charge is 2.32.